The summed E-state index contributed by atoms with van der Waals surface area (Å²) < 4.78 is 0. The first-order valence-corrected chi connectivity index (χ1v) is 3.82. The molecule has 0 amide bonds. The number of aliphatic hydroxyl groups excluding tert-OH is 1. The molecule has 13 heavy (non-hydrogen) atoms. The summed E-state index contributed by atoms with van der Waals surface area (Å²) >= 11 is 0. The van der Waals surface area contributed by atoms with Crippen molar-refractivity contribution in [2.45, 2.75) is 0 Å². The summed E-state index contributed by atoms with van der Waals surface area (Å²) in [5.74, 6) is 0.646. The van der Waals surface area contributed by atoms with E-state index in [-0.39, 0.29) is 6.61 Å². The molecule has 0 bridgehead atoms. The molecule has 0 fully saturated rings. The molecule has 0 aromatic carbocycles. The van der Waals surface area contributed by atoms with E-state index in [1.165, 1.54) is 12.4 Å². The molecule has 0 spiro atoms. The first-order chi connectivity index (χ1) is 6.27. The van der Waals surface area contributed by atoms with E-state index in [9.17, 15) is 0 Å². The molecule has 1 rings (SSSR count). The molecular formula is C8H10N4O. The maximum Gasteiger partial charge on any atom is 0.158 e. The Labute approximate surface area is 76.3 Å². The third kappa shape index (κ3) is 2.39. The van der Waals surface area contributed by atoms with Crippen molar-refractivity contribution >= 4 is 5.82 Å². The zero-order chi connectivity index (χ0) is 9.68. The lowest BCUT2D eigenvalue weighted by Gasteiger charge is -2.15. The van der Waals surface area contributed by atoms with Crippen molar-refractivity contribution in [1.29, 1.82) is 5.26 Å². The lowest BCUT2D eigenvalue weighted by Crippen LogP contribution is -2.22. The SMILES string of the molecule is CN(CCO)c1cnc(C#N)cn1. The molecule has 0 radical (unpaired) electrons. The number of likely N-dealkylation sites (N-methyl/N-ethyl adjacent to an activating group) is 1. The molecule has 1 aromatic rings. The molecule has 0 atom stereocenters. The quantitative estimate of drug-likeness (QED) is 0.692. The number of hydrogen-bond donors (Lipinski definition) is 1. The largest absolute Gasteiger partial charge is 0.395 e. The van der Waals surface area contributed by atoms with E-state index in [0.29, 0.717) is 18.1 Å². The monoisotopic (exact) mass is 178 g/mol. The molecule has 0 aliphatic rings. The first kappa shape index (κ1) is 9.42. The lowest BCUT2D eigenvalue weighted by molar-refractivity contribution is 0.304. The summed E-state index contributed by atoms with van der Waals surface area (Å²) in [5, 5.41) is 17.1. The molecule has 68 valence electrons. The van der Waals surface area contributed by atoms with Crippen LogP contribution in [0.15, 0.2) is 12.4 Å². The molecule has 5 nitrogen and oxygen atoms in total. The smallest absolute Gasteiger partial charge is 0.158 e. The Balaban J connectivity index is 2.75. The molecule has 1 N–H and O–H groups in total. The zero-order valence-corrected chi connectivity index (χ0v) is 7.30. The van der Waals surface area contributed by atoms with Gasteiger partial charge in [-0.15, -0.1) is 0 Å². The highest BCUT2D eigenvalue weighted by Crippen LogP contribution is 2.04. The van der Waals surface area contributed by atoms with Gasteiger partial charge in [-0.2, -0.15) is 5.26 Å². The summed E-state index contributed by atoms with van der Waals surface area (Å²) in [5.41, 5.74) is 0.293. The molecule has 1 aromatic heterocycles. The van der Waals surface area contributed by atoms with Crippen LogP contribution in [0.5, 0.6) is 0 Å². The number of aliphatic hydroxyl groups is 1. The fourth-order valence-corrected chi connectivity index (χ4v) is 0.841. The fraction of sp³-hybridized carbons (Fsp3) is 0.375. The van der Waals surface area contributed by atoms with Gasteiger partial charge in [0.05, 0.1) is 19.0 Å². The van der Waals surface area contributed by atoms with Gasteiger partial charge in [-0.25, -0.2) is 9.97 Å². The maximum atomic E-state index is 8.66. The maximum absolute atomic E-state index is 8.66. The topological polar surface area (TPSA) is 73.0 Å². The fourth-order valence-electron chi connectivity index (χ4n) is 0.841. The van der Waals surface area contributed by atoms with Crippen molar-refractivity contribution in [3.05, 3.63) is 18.1 Å². The van der Waals surface area contributed by atoms with Crippen molar-refractivity contribution in [3.8, 4) is 6.07 Å². The standard InChI is InChI=1S/C8H10N4O/c1-12(2-3-13)8-6-10-7(4-9)5-11-8/h5-6,13H,2-3H2,1H3. The molecule has 0 saturated carbocycles. The van der Waals surface area contributed by atoms with Gasteiger partial charge >= 0.3 is 0 Å². The highest BCUT2D eigenvalue weighted by molar-refractivity contribution is 5.35. The Bertz CT molecular complexity index is 303. The number of anilines is 1. The molecule has 0 saturated heterocycles. The number of rotatable bonds is 3. The second kappa shape index (κ2) is 4.38. The van der Waals surface area contributed by atoms with Gasteiger partial charge in [0.1, 0.15) is 11.9 Å². The summed E-state index contributed by atoms with van der Waals surface area (Å²) in [6, 6.07) is 1.88. The van der Waals surface area contributed by atoms with E-state index in [0.717, 1.165) is 0 Å². The van der Waals surface area contributed by atoms with Crippen LogP contribution in [0.1, 0.15) is 5.69 Å². The number of nitriles is 1. The summed E-state index contributed by atoms with van der Waals surface area (Å²) in [6.07, 6.45) is 2.91. The average Bonchev–Trinajstić information content (AvgIpc) is 2.18. The van der Waals surface area contributed by atoms with E-state index in [2.05, 4.69) is 9.97 Å². The Morgan fingerprint density at radius 1 is 1.54 bits per heavy atom. The predicted octanol–water partition coefficient (Wildman–Crippen LogP) is -0.223. The van der Waals surface area contributed by atoms with E-state index >= 15 is 0 Å². The van der Waals surface area contributed by atoms with Crippen LogP contribution in [-0.4, -0.2) is 35.3 Å². The van der Waals surface area contributed by atoms with E-state index in [1.807, 2.05) is 6.07 Å². The third-order valence-electron chi connectivity index (χ3n) is 1.58. The Kier molecular flexibility index (Phi) is 3.17. The van der Waals surface area contributed by atoms with Crippen molar-refractivity contribution in [3.63, 3.8) is 0 Å². The van der Waals surface area contributed by atoms with Gasteiger partial charge < -0.3 is 10.0 Å². The van der Waals surface area contributed by atoms with Gasteiger partial charge in [-0.3, -0.25) is 0 Å². The number of nitrogens with zero attached hydrogens (tertiary/aromatic N) is 4. The van der Waals surface area contributed by atoms with Crippen molar-refractivity contribution in [2.75, 3.05) is 25.1 Å². The summed E-state index contributed by atoms with van der Waals surface area (Å²) in [6.45, 7) is 0.568. The molecule has 5 heteroatoms. The lowest BCUT2D eigenvalue weighted by atomic mass is 10.5. The van der Waals surface area contributed by atoms with Crippen LogP contribution in [0.2, 0.25) is 0 Å². The van der Waals surface area contributed by atoms with Crippen LogP contribution in [-0.2, 0) is 0 Å². The van der Waals surface area contributed by atoms with E-state index < -0.39 is 0 Å². The van der Waals surface area contributed by atoms with Crippen LogP contribution in [0.4, 0.5) is 5.82 Å². The third-order valence-corrected chi connectivity index (χ3v) is 1.58. The highest BCUT2D eigenvalue weighted by Gasteiger charge is 2.01. The van der Waals surface area contributed by atoms with Crippen LogP contribution >= 0.6 is 0 Å². The van der Waals surface area contributed by atoms with Crippen LogP contribution in [0, 0.1) is 11.3 Å². The van der Waals surface area contributed by atoms with Gasteiger partial charge in [0, 0.05) is 13.6 Å². The van der Waals surface area contributed by atoms with E-state index in [4.69, 9.17) is 10.4 Å². The minimum Gasteiger partial charge on any atom is -0.395 e. The second-order valence-electron chi connectivity index (χ2n) is 2.52. The Morgan fingerprint density at radius 2 is 2.31 bits per heavy atom. The zero-order valence-electron chi connectivity index (χ0n) is 7.30. The average molecular weight is 178 g/mol. The van der Waals surface area contributed by atoms with Crippen LogP contribution in [0.3, 0.4) is 0 Å². The molecule has 0 aliphatic carbocycles. The van der Waals surface area contributed by atoms with Gasteiger partial charge in [0.15, 0.2) is 5.69 Å². The number of aromatic nitrogens is 2. The van der Waals surface area contributed by atoms with Gasteiger partial charge in [-0.1, -0.05) is 0 Å². The van der Waals surface area contributed by atoms with E-state index in [1.54, 1.807) is 11.9 Å². The Morgan fingerprint density at radius 3 is 2.77 bits per heavy atom. The van der Waals surface area contributed by atoms with Crippen LogP contribution in [0.25, 0.3) is 0 Å². The van der Waals surface area contributed by atoms with Crippen molar-refractivity contribution < 1.29 is 5.11 Å². The van der Waals surface area contributed by atoms with Crippen LogP contribution < -0.4 is 4.90 Å². The minimum absolute atomic E-state index is 0.0676. The molecule has 0 unspecified atom stereocenters. The minimum atomic E-state index is 0.0676. The first-order valence-electron chi connectivity index (χ1n) is 3.82. The van der Waals surface area contributed by atoms with Gasteiger partial charge in [0.25, 0.3) is 0 Å². The predicted molar refractivity (Wildman–Crippen MR) is 47.1 cm³/mol. The molecular weight excluding hydrogens is 168 g/mol. The summed E-state index contributed by atoms with van der Waals surface area (Å²) in [4.78, 5) is 9.61. The second-order valence-corrected chi connectivity index (χ2v) is 2.52. The number of hydrogen-bond acceptors (Lipinski definition) is 5. The summed E-state index contributed by atoms with van der Waals surface area (Å²) in [7, 11) is 1.80. The Hall–Kier alpha value is -1.67. The van der Waals surface area contributed by atoms with Crippen molar-refractivity contribution in [2.24, 2.45) is 0 Å². The highest BCUT2D eigenvalue weighted by atomic mass is 16.3. The van der Waals surface area contributed by atoms with Gasteiger partial charge in [-0.05, 0) is 0 Å². The normalized spacial score (nSPS) is 9.31. The molecule has 0 aliphatic heterocycles. The van der Waals surface area contributed by atoms with Crippen molar-refractivity contribution in [1.82, 2.24) is 9.97 Å². The molecule has 1 heterocycles. The van der Waals surface area contributed by atoms with Gasteiger partial charge in [0.2, 0.25) is 0 Å².